The van der Waals surface area contributed by atoms with Crippen LogP contribution in [-0.4, -0.2) is 29.1 Å². The fourth-order valence-electron chi connectivity index (χ4n) is 2.31. The van der Waals surface area contributed by atoms with Crippen LogP contribution < -0.4 is 0 Å². The van der Waals surface area contributed by atoms with E-state index in [2.05, 4.69) is 38.7 Å². The molecule has 1 nitrogen and oxygen atoms in total. The van der Waals surface area contributed by atoms with Crippen molar-refractivity contribution in [3.05, 3.63) is 11.1 Å². The van der Waals surface area contributed by atoms with Crippen molar-refractivity contribution in [3.63, 3.8) is 0 Å². The first-order chi connectivity index (χ1) is 6.33. The van der Waals surface area contributed by atoms with E-state index in [-0.39, 0.29) is 11.5 Å². The van der Waals surface area contributed by atoms with Crippen molar-refractivity contribution in [1.82, 2.24) is 0 Å². The van der Waals surface area contributed by atoms with Crippen LogP contribution in [0.25, 0.3) is 0 Å². The first kappa shape index (κ1) is 12.0. The van der Waals surface area contributed by atoms with Gasteiger partial charge in [-0.25, -0.2) is 0 Å². The van der Waals surface area contributed by atoms with Crippen LogP contribution in [0.2, 0.25) is 0 Å². The largest absolute Gasteiger partial charge is 0.393 e. The van der Waals surface area contributed by atoms with Crippen molar-refractivity contribution >= 4 is 15.9 Å². The molecule has 0 radical (unpaired) electrons. The zero-order valence-electron chi connectivity index (χ0n) is 9.92. The van der Waals surface area contributed by atoms with Crippen LogP contribution in [0.1, 0.15) is 33.6 Å². The molecule has 0 aromatic rings. The van der Waals surface area contributed by atoms with Gasteiger partial charge in [-0.3, -0.25) is 0 Å². The van der Waals surface area contributed by atoms with E-state index >= 15 is 0 Å². The van der Waals surface area contributed by atoms with Crippen LogP contribution in [0.3, 0.4) is 0 Å². The van der Waals surface area contributed by atoms with Gasteiger partial charge in [-0.15, -0.1) is 0 Å². The topological polar surface area (TPSA) is 20.2 Å². The van der Waals surface area contributed by atoms with Gasteiger partial charge < -0.3 is 5.11 Å². The third-order valence-corrected chi connectivity index (χ3v) is 3.54. The first-order valence-corrected chi connectivity index (χ1v) is 7.23. The van der Waals surface area contributed by atoms with E-state index in [9.17, 15) is 5.11 Å². The molecular weight excluding hydrogens is 192 g/mol. The minimum absolute atomic E-state index is 0.141. The highest BCUT2D eigenvalue weighted by Crippen LogP contribution is 2.39. The Morgan fingerprint density at radius 1 is 1.43 bits per heavy atom. The molecule has 0 aromatic heterocycles. The lowest BCUT2D eigenvalue weighted by atomic mass is 9.72. The third-order valence-electron chi connectivity index (χ3n) is 2.83. The molecule has 1 aliphatic rings. The molecule has 2 heteroatoms. The Morgan fingerprint density at radius 3 is 2.43 bits per heavy atom. The molecule has 0 aromatic carbocycles. The zero-order valence-corrected chi connectivity index (χ0v) is 10.7. The predicted octanol–water partition coefficient (Wildman–Crippen LogP) is 2.81. The molecule has 1 aliphatic carbocycles. The van der Waals surface area contributed by atoms with Crippen molar-refractivity contribution < 1.29 is 5.11 Å². The first-order valence-electron chi connectivity index (χ1n) is 5.12. The number of allylic oxidation sites excluding steroid dienone is 1. The van der Waals surface area contributed by atoms with Crippen LogP contribution >= 0.6 is 10.5 Å². The Hall–Kier alpha value is -0.0800. The Labute approximate surface area is 90.1 Å². The van der Waals surface area contributed by atoms with Gasteiger partial charge in [0.1, 0.15) is 0 Å². The highest BCUT2D eigenvalue weighted by atomic mass is 32.2. The van der Waals surface area contributed by atoms with Gasteiger partial charge >= 0.3 is 0 Å². The summed E-state index contributed by atoms with van der Waals surface area (Å²) in [4.78, 5) is 0. The summed E-state index contributed by atoms with van der Waals surface area (Å²) < 4.78 is 0. The quantitative estimate of drug-likeness (QED) is 0.666. The van der Waals surface area contributed by atoms with Gasteiger partial charge in [0.05, 0.1) is 6.10 Å². The van der Waals surface area contributed by atoms with Gasteiger partial charge in [0.25, 0.3) is 0 Å². The summed E-state index contributed by atoms with van der Waals surface area (Å²) in [7, 11) is 0.344. The van der Waals surface area contributed by atoms with Crippen LogP contribution in [-0.2, 0) is 0 Å². The molecule has 0 saturated carbocycles. The highest BCUT2D eigenvalue weighted by molar-refractivity contribution is 8.14. The Kier molecular flexibility index (Phi) is 3.59. The molecule has 1 atom stereocenters. The number of hydrogen-bond donors (Lipinski definition) is 1. The lowest BCUT2D eigenvalue weighted by molar-refractivity contribution is 0.118. The standard InChI is InChI=1S/C12H22OS/c1-9-6-10(13)7-12(2,3)11(9)8-14(4)5/h8,10,13H,6-7H2,1-5H3. The Morgan fingerprint density at radius 2 is 2.00 bits per heavy atom. The summed E-state index contributed by atoms with van der Waals surface area (Å²) in [5.74, 6) is 0. The van der Waals surface area contributed by atoms with Gasteiger partial charge in [-0.1, -0.05) is 19.4 Å². The molecule has 1 unspecified atom stereocenters. The van der Waals surface area contributed by atoms with E-state index in [4.69, 9.17) is 0 Å². The van der Waals surface area contributed by atoms with E-state index in [0.717, 1.165) is 12.8 Å². The number of hydrogen-bond acceptors (Lipinski definition) is 1. The molecule has 0 heterocycles. The predicted molar refractivity (Wildman–Crippen MR) is 67.2 cm³/mol. The summed E-state index contributed by atoms with van der Waals surface area (Å²) in [5, 5.41) is 12.1. The SMILES string of the molecule is CC1=C(C=S(C)C)C(C)(C)CC(O)C1. The second kappa shape index (κ2) is 4.19. The van der Waals surface area contributed by atoms with E-state index < -0.39 is 0 Å². The van der Waals surface area contributed by atoms with Gasteiger partial charge in [0.2, 0.25) is 0 Å². The van der Waals surface area contributed by atoms with Crippen molar-refractivity contribution in [2.24, 2.45) is 5.41 Å². The number of rotatable bonds is 1. The fraction of sp³-hybridized carbons (Fsp3) is 0.750. The molecule has 0 fully saturated rings. The molecule has 0 saturated heterocycles. The summed E-state index contributed by atoms with van der Waals surface area (Å²) >= 11 is 0. The van der Waals surface area contributed by atoms with Crippen LogP contribution in [0.4, 0.5) is 0 Å². The van der Waals surface area contributed by atoms with E-state index in [0.29, 0.717) is 10.5 Å². The van der Waals surface area contributed by atoms with Crippen LogP contribution in [0.5, 0.6) is 0 Å². The zero-order chi connectivity index (χ0) is 10.9. The summed E-state index contributed by atoms with van der Waals surface area (Å²) in [6.45, 7) is 6.62. The van der Waals surface area contributed by atoms with Crippen molar-refractivity contribution in [2.75, 3.05) is 12.5 Å². The van der Waals surface area contributed by atoms with E-state index in [1.807, 2.05) is 0 Å². The van der Waals surface area contributed by atoms with Crippen molar-refractivity contribution in [3.8, 4) is 0 Å². The molecule has 0 aliphatic heterocycles. The molecule has 0 spiro atoms. The molecule has 82 valence electrons. The summed E-state index contributed by atoms with van der Waals surface area (Å²) in [6, 6.07) is 0. The lowest BCUT2D eigenvalue weighted by Crippen LogP contribution is -2.29. The summed E-state index contributed by atoms with van der Waals surface area (Å²) in [5.41, 5.74) is 2.99. The molecular formula is C12H22OS. The van der Waals surface area contributed by atoms with Gasteiger partial charge in [0.15, 0.2) is 0 Å². The molecule has 14 heavy (non-hydrogen) atoms. The van der Waals surface area contributed by atoms with E-state index in [1.54, 1.807) is 0 Å². The normalized spacial score (nSPS) is 26.9. The molecule has 0 bridgehead atoms. The smallest absolute Gasteiger partial charge is 0.0585 e. The van der Waals surface area contributed by atoms with Gasteiger partial charge in [-0.05, 0) is 48.6 Å². The molecule has 1 N–H and O–H groups in total. The minimum atomic E-state index is -0.141. The molecule has 1 rings (SSSR count). The lowest BCUT2D eigenvalue weighted by Gasteiger charge is -2.36. The van der Waals surface area contributed by atoms with Crippen molar-refractivity contribution in [1.29, 1.82) is 0 Å². The Balaban J connectivity index is 3.09. The van der Waals surface area contributed by atoms with E-state index in [1.165, 1.54) is 11.1 Å². The average molecular weight is 214 g/mol. The maximum absolute atomic E-state index is 9.72. The van der Waals surface area contributed by atoms with Gasteiger partial charge in [0, 0.05) is 0 Å². The highest BCUT2D eigenvalue weighted by Gasteiger charge is 2.31. The molecule has 0 amide bonds. The van der Waals surface area contributed by atoms with Gasteiger partial charge in [-0.2, -0.15) is 10.5 Å². The Bertz CT molecular complexity index is 283. The number of aliphatic hydroxyl groups is 1. The second-order valence-corrected chi connectivity index (χ2v) is 7.13. The second-order valence-electron chi connectivity index (χ2n) is 5.14. The third kappa shape index (κ3) is 2.71. The minimum Gasteiger partial charge on any atom is -0.393 e. The maximum Gasteiger partial charge on any atom is 0.0585 e. The monoisotopic (exact) mass is 214 g/mol. The fourth-order valence-corrected chi connectivity index (χ4v) is 3.30. The van der Waals surface area contributed by atoms with Crippen molar-refractivity contribution in [2.45, 2.75) is 39.7 Å². The summed E-state index contributed by atoms with van der Waals surface area (Å²) in [6.07, 6.45) is 6.08. The maximum atomic E-state index is 9.72. The average Bonchev–Trinajstić information content (AvgIpc) is 1.95. The van der Waals surface area contributed by atoms with Crippen LogP contribution in [0, 0.1) is 5.41 Å². The number of aliphatic hydroxyl groups excluding tert-OH is 1. The van der Waals surface area contributed by atoms with Crippen LogP contribution in [0.15, 0.2) is 11.1 Å².